The van der Waals surface area contributed by atoms with Crippen LogP contribution in [0.15, 0.2) is 48.5 Å². The van der Waals surface area contributed by atoms with E-state index >= 15 is 0 Å². The Morgan fingerprint density at radius 2 is 1.67 bits per heavy atom. The largest absolute Gasteiger partial charge is 0.490 e. The van der Waals surface area contributed by atoms with Gasteiger partial charge in [-0.15, -0.1) is 0 Å². The molecule has 7 heteroatoms. The fourth-order valence-corrected chi connectivity index (χ4v) is 2.16. The van der Waals surface area contributed by atoms with Crippen molar-refractivity contribution in [3.05, 3.63) is 65.5 Å². The first-order valence-electron chi connectivity index (χ1n) is 8.63. The van der Waals surface area contributed by atoms with Crippen LogP contribution in [0.5, 0.6) is 5.75 Å². The van der Waals surface area contributed by atoms with E-state index < -0.39 is 5.97 Å². The lowest BCUT2D eigenvalue weighted by molar-refractivity contribution is 0.0450. The van der Waals surface area contributed by atoms with Crippen molar-refractivity contribution < 1.29 is 23.5 Å². The number of benzene rings is 2. The van der Waals surface area contributed by atoms with Gasteiger partial charge in [-0.3, -0.25) is 0 Å². The van der Waals surface area contributed by atoms with Gasteiger partial charge in [-0.25, -0.2) is 14.0 Å². The summed E-state index contributed by atoms with van der Waals surface area (Å²) in [6.07, 6.45) is 0. The third kappa shape index (κ3) is 7.35. The van der Waals surface area contributed by atoms with Gasteiger partial charge < -0.3 is 20.1 Å². The molecule has 0 atom stereocenters. The first kappa shape index (κ1) is 20.2. The van der Waals surface area contributed by atoms with Crippen molar-refractivity contribution in [2.45, 2.75) is 26.4 Å². The van der Waals surface area contributed by atoms with E-state index in [9.17, 15) is 14.0 Å². The summed E-state index contributed by atoms with van der Waals surface area (Å²) < 4.78 is 23.3. The summed E-state index contributed by atoms with van der Waals surface area (Å²) in [4.78, 5) is 23.5. The summed E-state index contributed by atoms with van der Waals surface area (Å²) in [6.45, 7) is 4.37. The predicted octanol–water partition coefficient (Wildman–Crippen LogP) is 3.27. The molecule has 0 aliphatic rings. The molecule has 27 heavy (non-hydrogen) atoms. The summed E-state index contributed by atoms with van der Waals surface area (Å²) >= 11 is 0. The molecule has 0 saturated heterocycles. The van der Waals surface area contributed by atoms with Crippen LogP contribution >= 0.6 is 0 Å². The average Bonchev–Trinajstić information content (AvgIpc) is 2.64. The van der Waals surface area contributed by atoms with Crippen LogP contribution in [0.3, 0.4) is 0 Å². The fraction of sp³-hybridized carbons (Fsp3) is 0.300. The normalized spacial score (nSPS) is 10.4. The van der Waals surface area contributed by atoms with Crippen LogP contribution in [-0.4, -0.2) is 31.3 Å². The summed E-state index contributed by atoms with van der Waals surface area (Å²) in [5.41, 5.74) is 1.28. The lowest BCUT2D eigenvalue weighted by Crippen LogP contribution is -2.39. The number of rotatable bonds is 8. The summed E-state index contributed by atoms with van der Waals surface area (Å²) in [5.74, 6) is -0.298. The van der Waals surface area contributed by atoms with Gasteiger partial charge in [0, 0.05) is 12.6 Å². The molecule has 144 valence electrons. The van der Waals surface area contributed by atoms with Gasteiger partial charge in [0.05, 0.1) is 5.56 Å². The smallest absolute Gasteiger partial charge is 0.338 e. The van der Waals surface area contributed by atoms with E-state index in [2.05, 4.69) is 10.6 Å². The highest BCUT2D eigenvalue weighted by Crippen LogP contribution is 2.11. The predicted molar refractivity (Wildman–Crippen MR) is 99.1 cm³/mol. The molecule has 0 aliphatic heterocycles. The van der Waals surface area contributed by atoms with E-state index in [0.717, 1.165) is 5.56 Å². The monoisotopic (exact) mass is 374 g/mol. The molecule has 0 aliphatic carbocycles. The molecule has 2 amide bonds. The molecular weight excluding hydrogens is 351 g/mol. The fourth-order valence-electron chi connectivity index (χ4n) is 2.16. The molecule has 0 heterocycles. The standard InChI is InChI=1S/C20H23FN2O4/c1-14(2)23-20(25)22-13-15-3-5-16(6-4-15)19(24)27-12-11-26-18-9-7-17(21)8-10-18/h3-10,14H,11-13H2,1-2H3,(H2,22,23,25). The van der Waals surface area contributed by atoms with E-state index in [1.165, 1.54) is 24.3 Å². The third-order valence-electron chi connectivity index (χ3n) is 3.46. The van der Waals surface area contributed by atoms with Crippen LogP contribution in [0.2, 0.25) is 0 Å². The number of amides is 2. The summed E-state index contributed by atoms with van der Waals surface area (Å²) in [7, 11) is 0. The molecule has 0 bridgehead atoms. The van der Waals surface area contributed by atoms with Crippen molar-refractivity contribution in [3.63, 3.8) is 0 Å². The Labute approximate surface area is 157 Å². The molecule has 2 aromatic rings. The zero-order valence-corrected chi connectivity index (χ0v) is 15.3. The summed E-state index contributed by atoms with van der Waals surface area (Å²) in [6, 6.07) is 12.2. The van der Waals surface area contributed by atoms with E-state index in [1.54, 1.807) is 24.3 Å². The van der Waals surface area contributed by atoms with Gasteiger partial charge in [0.15, 0.2) is 0 Å². The number of carbonyl (C=O) groups is 2. The minimum absolute atomic E-state index is 0.0641. The quantitative estimate of drug-likeness (QED) is 0.549. The van der Waals surface area contributed by atoms with Gasteiger partial charge in [0.2, 0.25) is 0 Å². The minimum Gasteiger partial charge on any atom is -0.490 e. The van der Waals surface area contributed by atoms with Gasteiger partial charge in [-0.1, -0.05) is 12.1 Å². The molecular formula is C20H23FN2O4. The Kier molecular flexibility index (Phi) is 7.61. The van der Waals surface area contributed by atoms with Crippen LogP contribution in [0.25, 0.3) is 0 Å². The number of hydrogen-bond acceptors (Lipinski definition) is 4. The highest BCUT2D eigenvalue weighted by molar-refractivity contribution is 5.89. The zero-order chi connectivity index (χ0) is 19.6. The second kappa shape index (κ2) is 10.2. The average molecular weight is 374 g/mol. The Morgan fingerprint density at radius 3 is 2.30 bits per heavy atom. The molecule has 2 aromatic carbocycles. The Morgan fingerprint density at radius 1 is 1.00 bits per heavy atom. The lowest BCUT2D eigenvalue weighted by Gasteiger charge is -2.10. The van der Waals surface area contributed by atoms with Crippen molar-refractivity contribution in [1.29, 1.82) is 0 Å². The molecule has 2 N–H and O–H groups in total. The van der Waals surface area contributed by atoms with Crippen molar-refractivity contribution in [2.24, 2.45) is 0 Å². The van der Waals surface area contributed by atoms with E-state index in [-0.39, 0.29) is 31.1 Å². The Bertz CT molecular complexity index is 746. The van der Waals surface area contributed by atoms with E-state index in [0.29, 0.717) is 17.9 Å². The Hall–Kier alpha value is -3.09. The van der Waals surface area contributed by atoms with Crippen LogP contribution < -0.4 is 15.4 Å². The van der Waals surface area contributed by atoms with Crippen LogP contribution in [0.4, 0.5) is 9.18 Å². The number of halogens is 1. The number of hydrogen-bond donors (Lipinski definition) is 2. The topological polar surface area (TPSA) is 76.7 Å². The van der Waals surface area contributed by atoms with Gasteiger partial charge in [0.1, 0.15) is 24.8 Å². The highest BCUT2D eigenvalue weighted by atomic mass is 19.1. The second-order valence-corrected chi connectivity index (χ2v) is 6.12. The van der Waals surface area contributed by atoms with Gasteiger partial charge in [-0.2, -0.15) is 0 Å². The SMILES string of the molecule is CC(C)NC(=O)NCc1ccc(C(=O)OCCOc2ccc(F)cc2)cc1. The molecule has 2 rings (SSSR count). The number of urea groups is 1. The van der Waals surface area contributed by atoms with E-state index in [4.69, 9.17) is 9.47 Å². The zero-order valence-electron chi connectivity index (χ0n) is 15.3. The summed E-state index contributed by atoms with van der Waals surface area (Å²) in [5, 5.41) is 5.46. The van der Waals surface area contributed by atoms with Crippen molar-refractivity contribution in [1.82, 2.24) is 10.6 Å². The first-order valence-corrected chi connectivity index (χ1v) is 8.63. The number of nitrogens with one attached hydrogen (secondary N) is 2. The highest BCUT2D eigenvalue weighted by Gasteiger charge is 2.08. The molecule has 0 saturated carbocycles. The lowest BCUT2D eigenvalue weighted by atomic mass is 10.1. The van der Waals surface area contributed by atoms with Gasteiger partial charge >= 0.3 is 12.0 Å². The second-order valence-electron chi connectivity index (χ2n) is 6.12. The molecule has 0 spiro atoms. The third-order valence-corrected chi connectivity index (χ3v) is 3.46. The number of ether oxygens (including phenoxy) is 2. The molecule has 6 nitrogen and oxygen atoms in total. The maximum atomic E-state index is 12.8. The van der Waals surface area contributed by atoms with Gasteiger partial charge in [-0.05, 0) is 55.8 Å². The van der Waals surface area contributed by atoms with Crippen LogP contribution in [0, 0.1) is 5.82 Å². The Balaban J connectivity index is 1.71. The maximum Gasteiger partial charge on any atom is 0.338 e. The molecule has 0 aromatic heterocycles. The molecule has 0 unspecified atom stereocenters. The minimum atomic E-state index is -0.463. The first-order chi connectivity index (χ1) is 12.9. The van der Waals surface area contributed by atoms with Crippen LogP contribution in [-0.2, 0) is 11.3 Å². The number of carbonyl (C=O) groups excluding carboxylic acids is 2. The van der Waals surface area contributed by atoms with Crippen molar-refractivity contribution in [3.8, 4) is 5.75 Å². The van der Waals surface area contributed by atoms with Gasteiger partial charge in [0.25, 0.3) is 0 Å². The maximum absolute atomic E-state index is 12.8. The van der Waals surface area contributed by atoms with Crippen molar-refractivity contribution >= 4 is 12.0 Å². The molecule has 0 radical (unpaired) electrons. The molecule has 0 fully saturated rings. The van der Waals surface area contributed by atoms with Crippen molar-refractivity contribution in [2.75, 3.05) is 13.2 Å². The van der Waals surface area contributed by atoms with E-state index in [1.807, 2.05) is 13.8 Å². The number of esters is 1. The van der Waals surface area contributed by atoms with Crippen LogP contribution in [0.1, 0.15) is 29.8 Å².